The molecule has 0 spiro atoms. The largest absolute Gasteiger partial charge is 0.491 e. The van der Waals surface area contributed by atoms with Gasteiger partial charge in [0.05, 0.1) is 11.0 Å². The van der Waals surface area contributed by atoms with Crippen LogP contribution in [0.4, 0.5) is 0 Å². The molecule has 0 bridgehead atoms. The third-order valence-electron chi connectivity index (χ3n) is 3.56. The van der Waals surface area contributed by atoms with E-state index in [0.717, 1.165) is 11.3 Å². The minimum atomic E-state index is -3.44. The lowest BCUT2D eigenvalue weighted by molar-refractivity contribution is 0.240. The minimum absolute atomic E-state index is 0.0318. The third kappa shape index (κ3) is 3.56. The predicted molar refractivity (Wildman–Crippen MR) is 83.2 cm³/mol. The first kappa shape index (κ1) is 16.3. The second-order valence-corrected chi connectivity index (χ2v) is 7.65. The molecule has 0 saturated carbocycles. The Labute approximate surface area is 127 Å². The number of benzene rings is 1. The fraction of sp³-hybridized carbons (Fsp3) is 0.600. The summed E-state index contributed by atoms with van der Waals surface area (Å²) in [5.41, 5.74) is 0.840. The Hall–Kier alpha value is -1.11. The van der Waals surface area contributed by atoms with Crippen molar-refractivity contribution in [3.05, 3.63) is 23.8 Å². The molecule has 118 valence electrons. The molecule has 1 fully saturated rings. The summed E-state index contributed by atoms with van der Waals surface area (Å²) in [6.45, 7) is 9.58. The lowest BCUT2D eigenvalue weighted by Gasteiger charge is -2.33. The van der Waals surface area contributed by atoms with Crippen molar-refractivity contribution in [3.63, 3.8) is 0 Å². The summed E-state index contributed by atoms with van der Waals surface area (Å²) in [5, 5.41) is 3.20. The maximum absolute atomic E-state index is 12.7. The van der Waals surface area contributed by atoms with E-state index >= 15 is 0 Å². The maximum Gasteiger partial charge on any atom is 0.243 e. The van der Waals surface area contributed by atoms with Gasteiger partial charge < -0.3 is 10.1 Å². The standard InChI is InChI=1S/C15H24N2O3S/c1-11(2)20-15-6-5-14(9-12(15)3)21(18,19)17-8-7-16-10-13(17)4/h5-6,9,11,13,16H,7-8,10H2,1-4H3/t13-/m0/s1. The molecular weight excluding hydrogens is 288 g/mol. The van der Waals surface area contributed by atoms with Crippen LogP contribution < -0.4 is 10.1 Å². The molecule has 1 aromatic rings. The molecule has 5 nitrogen and oxygen atoms in total. The zero-order chi connectivity index (χ0) is 15.6. The van der Waals surface area contributed by atoms with Crippen LogP contribution in [0.3, 0.4) is 0 Å². The van der Waals surface area contributed by atoms with E-state index in [1.165, 1.54) is 0 Å². The van der Waals surface area contributed by atoms with Crippen molar-refractivity contribution in [2.24, 2.45) is 0 Å². The molecule has 0 aliphatic carbocycles. The molecule has 1 saturated heterocycles. The van der Waals surface area contributed by atoms with E-state index in [9.17, 15) is 8.42 Å². The van der Waals surface area contributed by atoms with Crippen LogP contribution in [0.15, 0.2) is 23.1 Å². The highest BCUT2D eigenvalue weighted by molar-refractivity contribution is 7.89. The van der Waals surface area contributed by atoms with Gasteiger partial charge in [0.2, 0.25) is 10.0 Å². The van der Waals surface area contributed by atoms with E-state index < -0.39 is 10.0 Å². The third-order valence-corrected chi connectivity index (χ3v) is 5.57. The highest BCUT2D eigenvalue weighted by Gasteiger charge is 2.31. The first-order valence-electron chi connectivity index (χ1n) is 7.32. The first-order chi connectivity index (χ1) is 9.82. The van der Waals surface area contributed by atoms with Gasteiger partial charge in [-0.05, 0) is 51.5 Å². The van der Waals surface area contributed by atoms with Crippen LogP contribution in [0.1, 0.15) is 26.3 Å². The number of sulfonamides is 1. The summed E-state index contributed by atoms with van der Waals surface area (Å²) >= 11 is 0. The van der Waals surface area contributed by atoms with E-state index in [1.807, 2.05) is 27.7 Å². The van der Waals surface area contributed by atoms with Gasteiger partial charge in [-0.25, -0.2) is 8.42 Å². The summed E-state index contributed by atoms with van der Waals surface area (Å²) in [6, 6.07) is 5.04. The quantitative estimate of drug-likeness (QED) is 0.920. The summed E-state index contributed by atoms with van der Waals surface area (Å²) < 4.78 is 32.7. The van der Waals surface area contributed by atoms with Gasteiger partial charge in [0, 0.05) is 25.7 Å². The zero-order valence-corrected chi connectivity index (χ0v) is 13.9. The van der Waals surface area contributed by atoms with Crippen molar-refractivity contribution in [1.82, 2.24) is 9.62 Å². The Bertz CT molecular complexity index is 599. The fourth-order valence-electron chi connectivity index (χ4n) is 2.48. The number of piperazine rings is 1. The summed E-state index contributed by atoms with van der Waals surface area (Å²) in [5.74, 6) is 0.734. The van der Waals surface area contributed by atoms with Crippen LogP contribution in [0.2, 0.25) is 0 Å². The molecular formula is C15H24N2O3S. The van der Waals surface area contributed by atoms with Crippen LogP contribution in [-0.2, 0) is 10.0 Å². The lowest BCUT2D eigenvalue weighted by Crippen LogP contribution is -2.52. The van der Waals surface area contributed by atoms with E-state index in [1.54, 1.807) is 22.5 Å². The van der Waals surface area contributed by atoms with Gasteiger partial charge in [0.15, 0.2) is 0 Å². The van der Waals surface area contributed by atoms with Crippen LogP contribution in [-0.4, -0.2) is 44.5 Å². The molecule has 0 amide bonds. The van der Waals surface area contributed by atoms with Crippen molar-refractivity contribution in [2.45, 2.75) is 44.7 Å². The second kappa shape index (κ2) is 6.34. The van der Waals surface area contributed by atoms with Gasteiger partial charge in [0.1, 0.15) is 5.75 Å². The summed E-state index contributed by atoms with van der Waals surface area (Å²) in [7, 11) is -3.44. The highest BCUT2D eigenvalue weighted by atomic mass is 32.2. The van der Waals surface area contributed by atoms with Crippen molar-refractivity contribution in [3.8, 4) is 5.75 Å². The normalized spacial score (nSPS) is 20.7. The highest BCUT2D eigenvalue weighted by Crippen LogP contribution is 2.26. The molecule has 0 radical (unpaired) electrons. The molecule has 21 heavy (non-hydrogen) atoms. The number of hydrogen-bond donors (Lipinski definition) is 1. The molecule has 0 aromatic heterocycles. The zero-order valence-electron chi connectivity index (χ0n) is 13.1. The van der Waals surface area contributed by atoms with E-state index in [0.29, 0.717) is 24.5 Å². The van der Waals surface area contributed by atoms with Crippen molar-refractivity contribution in [2.75, 3.05) is 19.6 Å². The maximum atomic E-state index is 12.7. The van der Waals surface area contributed by atoms with Gasteiger partial charge in [-0.2, -0.15) is 4.31 Å². The molecule has 1 aromatic carbocycles. The van der Waals surface area contributed by atoms with Gasteiger partial charge in [-0.3, -0.25) is 0 Å². The van der Waals surface area contributed by atoms with Crippen LogP contribution in [0.25, 0.3) is 0 Å². The van der Waals surface area contributed by atoms with E-state index in [4.69, 9.17) is 4.74 Å². The number of hydrogen-bond acceptors (Lipinski definition) is 4. The number of nitrogens with one attached hydrogen (secondary N) is 1. The Morgan fingerprint density at radius 1 is 1.38 bits per heavy atom. The SMILES string of the molecule is Cc1cc(S(=O)(=O)N2CCNC[C@@H]2C)ccc1OC(C)C. The number of rotatable bonds is 4. The van der Waals surface area contributed by atoms with E-state index in [2.05, 4.69) is 5.32 Å². The van der Waals surface area contributed by atoms with Crippen molar-refractivity contribution < 1.29 is 13.2 Å². The number of ether oxygens (including phenoxy) is 1. The Morgan fingerprint density at radius 2 is 2.10 bits per heavy atom. The van der Waals surface area contributed by atoms with Crippen LogP contribution in [0, 0.1) is 6.92 Å². The minimum Gasteiger partial charge on any atom is -0.491 e. The molecule has 2 rings (SSSR count). The van der Waals surface area contributed by atoms with Gasteiger partial charge in [-0.1, -0.05) is 0 Å². The summed E-state index contributed by atoms with van der Waals surface area (Å²) in [4.78, 5) is 0.338. The van der Waals surface area contributed by atoms with Gasteiger partial charge in [0.25, 0.3) is 0 Å². The topological polar surface area (TPSA) is 58.6 Å². The fourth-order valence-corrected chi connectivity index (χ4v) is 4.20. The van der Waals surface area contributed by atoms with Crippen molar-refractivity contribution in [1.29, 1.82) is 0 Å². The van der Waals surface area contributed by atoms with Crippen LogP contribution >= 0.6 is 0 Å². The van der Waals surface area contributed by atoms with Crippen LogP contribution in [0.5, 0.6) is 5.75 Å². The molecule has 1 aliphatic rings. The van der Waals surface area contributed by atoms with Gasteiger partial charge in [-0.15, -0.1) is 0 Å². The predicted octanol–water partition coefficient (Wildman–Crippen LogP) is 1.76. The molecule has 0 unspecified atom stereocenters. The average molecular weight is 312 g/mol. The summed E-state index contributed by atoms with van der Waals surface area (Å²) in [6.07, 6.45) is 0.0688. The van der Waals surface area contributed by atoms with Crippen molar-refractivity contribution >= 4 is 10.0 Å². The average Bonchev–Trinajstić information content (AvgIpc) is 2.40. The molecule has 1 N–H and O–H groups in total. The van der Waals surface area contributed by atoms with Gasteiger partial charge >= 0.3 is 0 Å². The lowest BCUT2D eigenvalue weighted by atomic mass is 10.2. The first-order valence-corrected chi connectivity index (χ1v) is 8.76. The monoisotopic (exact) mass is 312 g/mol. The van der Waals surface area contributed by atoms with E-state index in [-0.39, 0.29) is 12.1 Å². The Morgan fingerprint density at radius 3 is 2.67 bits per heavy atom. The molecule has 1 heterocycles. The number of aryl methyl sites for hydroxylation is 1. The smallest absolute Gasteiger partial charge is 0.243 e. The number of nitrogens with zero attached hydrogens (tertiary/aromatic N) is 1. The Kier molecular flexibility index (Phi) is 4.91. The molecule has 1 aliphatic heterocycles. The molecule has 1 atom stereocenters. The Balaban J connectivity index is 2.30. The molecule has 6 heteroatoms. The second-order valence-electron chi connectivity index (χ2n) is 5.76.